The molecule has 1 aliphatic heterocycles. The molecule has 1 aromatic heterocycles. The molecule has 1 aliphatic rings. The van der Waals surface area contributed by atoms with Crippen molar-refractivity contribution in [1.82, 2.24) is 10.1 Å². The van der Waals surface area contributed by atoms with Gasteiger partial charge in [-0.05, 0) is 10.8 Å². The lowest BCUT2D eigenvalue weighted by Gasteiger charge is -2.24. The first-order valence-electron chi connectivity index (χ1n) is 7.68. The minimum atomic E-state index is -0.309. The van der Waals surface area contributed by atoms with E-state index in [1.807, 2.05) is 23.1 Å². The van der Waals surface area contributed by atoms with Gasteiger partial charge in [-0.25, -0.2) is 0 Å². The summed E-state index contributed by atoms with van der Waals surface area (Å²) in [4.78, 5) is 13.2. The van der Waals surface area contributed by atoms with E-state index in [2.05, 4.69) is 29.4 Å². The second-order valence-corrected chi connectivity index (χ2v) is 5.89. The van der Waals surface area contributed by atoms with Gasteiger partial charge in [-0.1, -0.05) is 47.6 Å². The van der Waals surface area contributed by atoms with Crippen molar-refractivity contribution in [3.63, 3.8) is 0 Å². The molecular weight excluding hydrogens is 290 g/mol. The van der Waals surface area contributed by atoms with Gasteiger partial charge in [-0.2, -0.15) is 0 Å². The molecule has 0 unspecified atom stereocenters. The lowest BCUT2D eigenvalue weighted by atomic mass is 9.97. The van der Waals surface area contributed by atoms with Crippen molar-refractivity contribution in [2.45, 2.75) is 13.0 Å². The molecule has 2 N–H and O–H groups in total. The van der Waals surface area contributed by atoms with Gasteiger partial charge in [0.05, 0.1) is 6.54 Å². The van der Waals surface area contributed by atoms with Gasteiger partial charge < -0.3 is 10.3 Å². The third-order valence-corrected chi connectivity index (χ3v) is 4.33. The number of hydrogen-bond donors (Lipinski definition) is 1. The number of hydrogen-bond acceptors (Lipinski definition) is 4. The van der Waals surface area contributed by atoms with Crippen LogP contribution in [-0.2, 0) is 17.8 Å². The second kappa shape index (κ2) is 5.52. The second-order valence-electron chi connectivity index (χ2n) is 5.89. The number of rotatable bonds is 3. The molecule has 116 valence electrons. The highest BCUT2D eigenvalue weighted by molar-refractivity contribution is 5.96. The Labute approximate surface area is 133 Å². The predicted molar refractivity (Wildman–Crippen MR) is 87.6 cm³/mol. The smallest absolute Gasteiger partial charge is 0.231 e. The maximum atomic E-state index is 11.2. The van der Waals surface area contributed by atoms with Crippen molar-refractivity contribution in [2.75, 3.05) is 13.1 Å². The number of carbonyl (C=O) groups excluding carboxylic acids is 1. The number of nitrogens with two attached hydrogens (primary N) is 1. The maximum absolute atomic E-state index is 11.2. The fourth-order valence-electron chi connectivity index (χ4n) is 3.26. The third kappa shape index (κ3) is 2.49. The van der Waals surface area contributed by atoms with Gasteiger partial charge in [0.15, 0.2) is 0 Å². The Balaban J connectivity index is 1.79. The number of fused-ring (bicyclic) bond motifs is 2. The van der Waals surface area contributed by atoms with Crippen LogP contribution in [0, 0.1) is 0 Å². The van der Waals surface area contributed by atoms with E-state index in [1.165, 1.54) is 5.39 Å². The van der Waals surface area contributed by atoms with E-state index >= 15 is 0 Å². The van der Waals surface area contributed by atoms with Crippen LogP contribution in [-0.4, -0.2) is 29.1 Å². The topological polar surface area (TPSA) is 72.4 Å². The molecule has 5 heteroatoms. The summed E-state index contributed by atoms with van der Waals surface area (Å²) in [6.07, 6.45) is 0.750. The lowest BCUT2D eigenvalue weighted by molar-refractivity contribution is -0.119. The summed E-state index contributed by atoms with van der Waals surface area (Å²) in [6.45, 7) is 1.67. The molecule has 1 amide bonds. The van der Waals surface area contributed by atoms with E-state index in [9.17, 15) is 4.79 Å². The van der Waals surface area contributed by atoms with Crippen LogP contribution in [0.3, 0.4) is 0 Å². The number of benzene rings is 2. The van der Waals surface area contributed by atoms with Crippen LogP contribution >= 0.6 is 0 Å². The minimum absolute atomic E-state index is 0.263. The van der Waals surface area contributed by atoms with Gasteiger partial charge in [-0.3, -0.25) is 9.69 Å². The zero-order chi connectivity index (χ0) is 15.8. The van der Waals surface area contributed by atoms with Gasteiger partial charge in [0.2, 0.25) is 5.91 Å². The van der Waals surface area contributed by atoms with E-state index in [0.717, 1.165) is 40.9 Å². The first-order chi connectivity index (χ1) is 11.2. The van der Waals surface area contributed by atoms with E-state index in [1.54, 1.807) is 0 Å². The summed E-state index contributed by atoms with van der Waals surface area (Å²) in [7, 11) is 0. The molecule has 2 aromatic carbocycles. The Morgan fingerprint density at radius 3 is 2.91 bits per heavy atom. The van der Waals surface area contributed by atoms with Crippen LogP contribution in [0.2, 0.25) is 0 Å². The first-order valence-corrected chi connectivity index (χ1v) is 7.68. The molecule has 3 aromatic rings. The quantitative estimate of drug-likeness (QED) is 0.806. The summed E-state index contributed by atoms with van der Waals surface area (Å²) in [5.74, 6) is 0.602. The lowest BCUT2D eigenvalue weighted by Crippen LogP contribution is -2.37. The highest BCUT2D eigenvalue weighted by Gasteiger charge is 2.26. The van der Waals surface area contributed by atoms with Crippen molar-refractivity contribution < 1.29 is 9.32 Å². The molecule has 0 bridgehead atoms. The Kier molecular flexibility index (Phi) is 3.35. The van der Waals surface area contributed by atoms with Gasteiger partial charge in [0, 0.05) is 30.6 Å². The maximum Gasteiger partial charge on any atom is 0.231 e. The zero-order valence-corrected chi connectivity index (χ0v) is 12.7. The molecule has 0 saturated carbocycles. The molecule has 0 atom stereocenters. The van der Waals surface area contributed by atoms with E-state index < -0.39 is 0 Å². The monoisotopic (exact) mass is 307 g/mol. The SMILES string of the molecule is NC(=O)CN1CCc2onc(-c3cccc4ccccc34)c2C1. The van der Waals surface area contributed by atoms with Crippen molar-refractivity contribution in [3.05, 3.63) is 53.8 Å². The molecule has 4 rings (SSSR count). The van der Waals surface area contributed by atoms with Gasteiger partial charge in [-0.15, -0.1) is 0 Å². The Morgan fingerprint density at radius 1 is 1.22 bits per heavy atom. The van der Waals surface area contributed by atoms with Crippen LogP contribution in [0.4, 0.5) is 0 Å². The highest BCUT2D eigenvalue weighted by atomic mass is 16.5. The summed E-state index contributed by atoms with van der Waals surface area (Å²) in [5.41, 5.74) is 8.32. The summed E-state index contributed by atoms with van der Waals surface area (Å²) in [5, 5.41) is 6.64. The van der Waals surface area contributed by atoms with Crippen molar-refractivity contribution in [1.29, 1.82) is 0 Å². The standard InChI is InChI=1S/C18H17N3O2/c19-17(22)11-21-9-8-16-15(10-21)18(20-23-16)14-7-3-5-12-4-1-2-6-13(12)14/h1-7H,8-11H2,(H2,19,22). The van der Waals surface area contributed by atoms with Gasteiger partial charge in [0.25, 0.3) is 0 Å². The molecule has 0 aliphatic carbocycles. The molecule has 2 heterocycles. The van der Waals surface area contributed by atoms with Crippen LogP contribution < -0.4 is 5.73 Å². The number of amides is 1. The van der Waals surface area contributed by atoms with Crippen molar-refractivity contribution >= 4 is 16.7 Å². The fraction of sp³-hybridized carbons (Fsp3) is 0.222. The highest BCUT2D eigenvalue weighted by Crippen LogP contribution is 2.34. The van der Waals surface area contributed by atoms with Crippen LogP contribution in [0.1, 0.15) is 11.3 Å². The number of carbonyl (C=O) groups is 1. The normalized spacial score (nSPS) is 14.8. The average molecular weight is 307 g/mol. The van der Waals surface area contributed by atoms with Crippen LogP contribution in [0.15, 0.2) is 47.0 Å². The number of primary amides is 1. The fourth-order valence-corrected chi connectivity index (χ4v) is 3.26. The minimum Gasteiger partial charge on any atom is -0.369 e. The zero-order valence-electron chi connectivity index (χ0n) is 12.7. The Morgan fingerprint density at radius 2 is 2.04 bits per heavy atom. The van der Waals surface area contributed by atoms with E-state index in [0.29, 0.717) is 6.54 Å². The average Bonchev–Trinajstić information content (AvgIpc) is 2.97. The molecule has 5 nitrogen and oxygen atoms in total. The van der Waals surface area contributed by atoms with Crippen LogP contribution in [0.25, 0.3) is 22.0 Å². The van der Waals surface area contributed by atoms with Crippen molar-refractivity contribution in [2.24, 2.45) is 5.73 Å². The first kappa shape index (κ1) is 14.0. The largest absolute Gasteiger partial charge is 0.369 e. The molecule has 0 fully saturated rings. The van der Waals surface area contributed by atoms with Crippen molar-refractivity contribution in [3.8, 4) is 11.3 Å². The van der Waals surface area contributed by atoms with Gasteiger partial charge >= 0.3 is 0 Å². The van der Waals surface area contributed by atoms with E-state index in [-0.39, 0.29) is 12.5 Å². The molecule has 0 radical (unpaired) electrons. The predicted octanol–water partition coefficient (Wildman–Crippen LogP) is 2.34. The van der Waals surface area contributed by atoms with Crippen LogP contribution in [0.5, 0.6) is 0 Å². The Hall–Kier alpha value is -2.66. The molecular formula is C18H17N3O2. The number of nitrogens with zero attached hydrogens (tertiary/aromatic N) is 2. The molecule has 0 spiro atoms. The third-order valence-electron chi connectivity index (χ3n) is 4.33. The number of aromatic nitrogens is 1. The summed E-state index contributed by atoms with van der Waals surface area (Å²) >= 11 is 0. The molecule has 0 saturated heterocycles. The summed E-state index contributed by atoms with van der Waals surface area (Å²) < 4.78 is 5.55. The summed E-state index contributed by atoms with van der Waals surface area (Å²) in [6, 6.07) is 14.4. The van der Waals surface area contributed by atoms with Gasteiger partial charge in [0.1, 0.15) is 11.5 Å². The Bertz CT molecular complexity index is 880. The molecule has 23 heavy (non-hydrogen) atoms. The van der Waals surface area contributed by atoms with E-state index in [4.69, 9.17) is 10.3 Å².